The van der Waals surface area contributed by atoms with Gasteiger partial charge in [-0.25, -0.2) is 0 Å². The Morgan fingerprint density at radius 2 is 1.69 bits per heavy atom. The van der Waals surface area contributed by atoms with E-state index >= 15 is 0 Å². The van der Waals surface area contributed by atoms with Crippen LogP contribution in [0.5, 0.6) is 11.5 Å². The van der Waals surface area contributed by atoms with Gasteiger partial charge in [-0.1, -0.05) is 47.7 Å². The van der Waals surface area contributed by atoms with Crippen LogP contribution in [0.25, 0.3) is 5.57 Å². The fourth-order valence-corrected chi connectivity index (χ4v) is 4.14. The maximum Gasteiger partial charge on any atom is 1.00 e. The number of carbonyl (C=O) groups excluding carboxylic acids is 1. The Bertz CT molecular complexity index is 1320. The van der Waals surface area contributed by atoms with E-state index in [2.05, 4.69) is 28.9 Å². The molecule has 3 aromatic carbocycles. The molecule has 1 aliphatic heterocycles. The topological polar surface area (TPSA) is 71.1 Å². The van der Waals surface area contributed by atoms with Crippen LogP contribution in [-0.4, -0.2) is 56.9 Å². The number of rotatable bonds is 9. The number of benzene rings is 3. The van der Waals surface area contributed by atoms with Gasteiger partial charge in [0.2, 0.25) is 0 Å². The Morgan fingerprint density at radius 1 is 1.03 bits per heavy atom. The first-order chi connectivity index (χ1) is 18.5. The van der Waals surface area contributed by atoms with Crippen LogP contribution in [0.2, 0.25) is 5.02 Å². The molecule has 8 heteroatoms. The van der Waals surface area contributed by atoms with Crippen molar-refractivity contribution in [3.63, 3.8) is 0 Å². The van der Waals surface area contributed by atoms with Crippen molar-refractivity contribution < 1.29 is 53.7 Å². The molecule has 39 heavy (non-hydrogen) atoms. The minimum Gasteiger partial charge on any atom is -0.546 e. The first kappa shape index (κ1) is 30.8. The number of ether oxygens (including phenoxy) is 3. The number of aryl methyl sites for hydroxylation is 1. The smallest absolute Gasteiger partial charge is 0.546 e. The Morgan fingerprint density at radius 3 is 2.33 bits per heavy atom. The predicted octanol–water partition coefficient (Wildman–Crippen LogP) is 0.976. The van der Waals surface area contributed by atoms with Crippen LogP contribution in [0.3, 0.4) is 0 Å². The minimum absolute atomic E-state index is 0. The summed E-state index contributed by atoms with van der Waals surface area (Å²) in [4.78, 5) is 12.9. The van der Waals surface area contributed by atoms with E-state index in [0.29, 0.717) is 23.1 Å². The van der Waals surface area contributed by atoms with Crippen molar-refractivity contribution in [3.8, 4) is 23.3 Å². The van der Waals surface area contributed by atoms with Crippen LogP contribution in [0.4, 0.5) is 0 Å². The average molecular weight is 554 g/mol. The maximum absolute atomic E-state index is 10.6. The molecular formula is C31H29ClNNaO5. The molecule has 1 aliphatic rings. The second-order valence-corrected chi connectivity index (χ2v) is 9.23. The van der Waals surface area contributed by atoms with E-state index in [4.69, 9.17) is 25.8 Å². The molecule has 0 atom stereocenters. The van der Waals surface area contributed by atoms with Gasteiger partial charge in [0.25, 0.3) is 0 Å². The summed E-state index contributed by atoms with van der Waals surface area (Å²) in [5.41, 5.74) is 4.81. The summed E-state index contributed by atoms with van der Waals surface area (Å²) in [5, 5.41) is 11.3. The molecule has 196 valence electrons. The molecule has 0 aliphatic carbocycles. The SMILES string of the molecule is Cc1cc(OCC=C(c2ccc(Cl)cc2)c2ccc(C#CCN3CCOCC3)cc2)ccc1OCC(=O)[O-].[Na+]. The Labute approximate surface area is 256 Å². The van der Waals surface area contributed by atoms with E-state index in [1.165, 1.54) is 0 Å². The third kappa shape index (κ3) is 9.74. The van der Waals surface area contributed by atoms with Crippen molar-refractivity contribution in [2.75, 3.05) is 46.1 Å². The number of carboxylic acid groups (broad SMARTS) is 1. The first-order valence-electron chi connectivity index (χ1n) is 12.4. The van der Waals surface area contributed by atoms with E-state index in [1.807, 2.05) is 55.5 Å². The summed E-state index contributed by atoms with van der Waals surface area (Å²) in [5.74, 6) is 6.38. The molecule has 0 N–H and O–H groups in total. The molecule has 0 aromatic heterocycles. The van der Waals surface area contributed by atoms with Crippen LogP contribution in [-0.2, 0) is 9.53 Å². The van der Waals surface area contributed by atoms with Gasteiger partial charge in [-0.3, -0.25) is 4.90 Å². The van der Waals surface area contributed by atoms with Crippen molar-refractivity contribution in [2.24, 2.45) is 0 Å². The minimum atomic E-state index is -1.27. The molecule has 1 fully saturated rings. The van der Waals surface area contributed by atoms with Gasteiger partial charge in [0.1, 0.15) is 24.7 Å². The standard InChI is InChI=1S/C31H30ClNO5.Na/c1-23-21-28(12-13-30(23)38-22-31(34)35)37-18-14-29(26-8-10-27(32)11-9-26)25-6-4-24(5-7-25)3-2-15-33-16-19-36-20-17-33;/h4-14,21H,15-20,22H2,1H3,(H,34,35);/q;+1/p-1. The van der Waals surface area contributed by atoms with Crippen molar-refractivity contribution in [2.45, 2.75) is 6.92 Å². The number of hydrogen-bond donors (Lipinski definition) is 0. The van der Waals surface area contributed by atoms with Crippen LogP contribution >= 0.6 is 11.6 Å². The van der Waals surface area contributed by atoms with Crippen LogP contribution in [0.1, 0.15) is 22.3 Å². The number of hydrogen-bond acceptors (Lipinski definition) is 6. The Kier molecular flexibility index (Phi) is 12.4. The van der Waals surface area contributed by atoms with E-state index in [9.17, 15) is 9.90 Å². The average Bonchev–Trinajstić information content (AvgIpc) is 2.92. The number of carboxylic acids is 1. The zero-order chi connectivity index (χ0) is 26.7. The van der Waals surface area contributed by atoms with E-state index in [-0.39, 0.29) is 29.6 Å². The van der Waals surface area contributed by atoms with Gasteiger partial charge in [0.15, 0.2) is 0 Å². The quantitative estimate of drug-likeness (QED) is 0.291. The van der Waals surface area contributed by atoms with Gasteiger partial charge in [-0.05, 0) is 77.7 Å². The normalized spacial score (nSPS) is 13.5. The van der Waals surface area contributed by atoms with Gasteiger partial charge in [-0.15, -0.1) is 0 Å². The molecule has 0 radical (unpaired) electrons. The molecule has 4 rings (SSSR count). The summed E-state index contributed by atoms with van der Waals surface area (Å²) in [7, 11) is 0. The monoisotopic (exact) mass is 553 g/mol. The first-order valence-corrected chi connectivity index (χ1v) is 12.8. The number of aliphatic carboxylic acids is 1. The summed E-state index contributed by atoms with van der Waals surface area (Å²) >= 11 is 6.12. The third-order valence-electron chi connectivity index (χ3n) is 6.02. The Hall–Kier alpha value is -2.76. The summed E-state index contributed by atoms with van der Waals surface area (Å²) in [6, 6.07) is 21.1. The van der Waals surface area contributed by atoms with Crippen LogP contribution < -0.4 is 44.1 Å². The molecule has 6 nitrogen and oxygen atoms in total. The molecule has 1 heterocycles. The zero-order valence-electron chi connectivity index (χ0n) is 22.2. The fraction of sp³-hybridized carbons (Fsp3) is 0.258. The maximum atomic E-state index is 10.6. The summed E-state index contributed by atoms with van der Waals surface area (Å²) in [6.45, 7) is 5.79. The van der Waals surface area contributed by atoms with E-state index in [1.54, 1.807) is 12.1 Å². The summed E-state index contributed by atoms with van der Waals surface area (Å²) in [6.07, 6.45) is 2.03. The molecule has 0 spiro atoms. The number of nitrogens with zero attached hydrogens (tertiary/aromatic N) is 1. The van der Waals surface area contributed by atoms with Crippen LogP contribution in [0.15, 0.2) is 72.8 Å². The second kappa shape index (κ2) is 15.7. The van der Waals surface area contributed by atoms with Gasteiger partial charge in [0, 0.05) is 23.7 Å². The number of halogens is 1. The summed E-state index contributed by atoms with van der Waals surface area (Å²) < 4.78 is 16.6. The Balaban J connectivity index is 0.00000420. The van der Waals surface area contributed by atoms with Gasteiger partial charge in [0.05, 0.1) is 25.7 Å². The zero-order valence-corrected chi connectivity index (χ0v) is 25.0. The van der Waals surface area contributed by atoms with Crippen molar-refractivity contribution >= 4 is 23.1 Å². The van der Waals surface area contributed by atoms with E-state index in [0.717, 1.165) is 60.7 Å². The van der Waals surface area contributed by atoms with Gasteiger partial charge in [-0.2, -0.15) is 0 Å². The van der Waals surface area contributed by atoms with Crippen molar-refractivity contribution in [1.29, 1.82) is 0 Å². The fourth-order valence-electron chi connectivity index (χ4n) is 4.01. The van der Waals surface area contributed by atoms with Crippen molar-refractivity contribution in [3.05, 3.63) is 100 Å². The van der Waals surface area contributed by atoms with Crippen LogP contribution in [0, 0.1) is 18.8 Å². The van der Waals surface area contributed by atoms with E-state index < -0.39 is 12.6 Å². The van der Waals surface area contributed by atoms with Crippen molar-refractivity contribution in [1.82, 2.24) is 4.90 Å². The third-order valence-corrected chi connectivity index (χ3v) is 6.27. The predicted molar refractivity (Wildman–Crippen MR) is 146 cm³/mol. The van der Waals surface area contributed by atoms with Gasteiger partial charge >= 0.3 is 29.6 Å². The second-order valence-electron chi connectivity index (χ2n) is 8.79. The molecule has 3 aromatic rings. The number of carbonyl (C=O) groups is 1. The van der Waals surface area contributed by atoms with Gasteiger partial charge < -0.3 is 24.1 Å². The molecule has 0 unspecified atom stereocenters. The largest absolute Gasteiger partial charge is 1.00 e. The molecule has 0 bridgehead atoms. The number of morpholine rings is 1. The molecule has 0 amide bonds. The molecule has 1 saturated heterocycles. The molecule has 0 saturated carbocycles. The molecular weight excluding hydrogens is 525 g/mol.